The van der Waals surface area contributed by atoms with E-state index < -0.39 is 6.10 Å². The molecule has 0 spiro atoms. The van der Waals surface area contributed by atoms with E-state index in [9.17, 15) is 9.90 Å². The van der Waals surface area contributed by atoms with Gasteiger partial charge in [-0.1, -0.05) is 18.6 Å². The van der Waals surface area contributed by atoms with E-state index >= 15 is 0 Å². The van der Waals surface area contributed by atoms with Crippen LogP contribution in [0.2, 0.25) is 0 Å². The fourth-order valence-corrected chi connectivity index (χ4v) is 2.59. The molecule has 0 aromatic rings. The summed E-state index contributed by atoms with van der Waals surface area (Å²) in [4.78, 5) is 11.8. The number of ketones is 1. The minimum absolute atomic E-state index is 0.131. The van der Waals surface area contributed by atoms with Gasteiger partial charge < -0.3 is 5.11 Å². The number of aliphatic hydroxyl groups is 1. The van der Waals surface area contributed by atoms with Crippen LogP contribution >= 0.6 is 0 Å². The molecule has 2 nitrogen and oxygen atoms in total. The van der Waals surface area contributed by atoms with Crippen LogP contribution in [0.25, 0.3) is 0 Å². The zero-order valence-corrected chi connectivity index (χ0v) is 7.83. The second-order valence-corrected chi connectivity index (χ2v) is 4.36. The third kappa shape index (κ3) is 1.55. The van der Waals surface area contributed by atoms with Gasteiger partial charge in [-0.05, 0) is 25.7 Å². The van der Waals surface area contributed by atoms with Crippen LogP contribution in [0.3, 0.4) is 0 Å². The van der Waals surface area contributed by atoms with Gasteiger partial charge in [-0.2, -0.15) is 0 Å². The van der Waals surface area contributed by atoms with E-state index in [-0.39, 0.29) is 17.6 Å². The van der Waals surface area contributed by atoms with Gasteiger partial charge in [0.2, 0.25) is 0 Å². The van der Waals surface area contributed by atoms with Crippen molar-refractivity contribution in [1.29, 1.82) is 0 Å². The Labute approximate surface area is 78.6 Å². The van der Waals surface area contributed by atoms with Crippen molar-refractivity contribution in [2.24, 2.45) is 11.8 Å². The molecule has 0 aromatic heterocycles. The summed E-state index contributed by atoms with van der Waals surface area (Å²) in [5.74, 6) is 0.328. The molecule has 2 heteroatoms. The second kappa shape index (κ2) is 3.26. The maximum atomic E-state index is 11.8. The highest BCUT2D eigenvalue weighted by atomic mass is 16.3. The molecule has 2 rings (SSSR count). The Bertz CT molecular complexity index is 244. The number of carbonyl (C=O) groups excluding carboxylic acids is 1. The Morgan fingerprint density at radius 2 is 2.08 bits per heavy atom. The summed E-state index contributed by atoms with van der Waals surface area (Å²) in [6, 6.07) is 0. The predicted octanol–water partition coefficient (Wildman–Crippen LogP) is 1.68. The van der Waals surface area contributed by atoms with Gasteiger partial charge in [-0.15, -0.1) is 0 Å². The molecule has 0 aromatic carbocycles. The molecule has 0 aliphatic heterocycles. The smallest absolute Gasteiger partial charge is 0.142 e. The molecule has 2 fully saturated rings. The highest BCUT2D eigenvalue weighted by Gasteiger charge is 2.38. The van der Waals surface area contributed by atoms with Gasteiger partial charge in [0.05, 0.1) is 6.10 Å². The first-order valence-electron chi connectivity index (χ1n) is 5.07. The summed E-state index contributed by atoms with van der Waals surface area (Å²) >= 11 is 0. The molecule has 2 aliphatic rings. The highest BCUT2D eigenvalue weighted by molar-refractivity contribution is 5.86. The summed E-state index contributed by atoms with van der Waals surface area (Å²) < 4.78 is 0. The summed E-state index contributed by atoms with van der Waals surface area (Å²) in [6.07, 6.45) is 3.90. The van der Waals surface area contributed by atoms with Crippen molar-refractivity contribution in [3.05, 3.63) is 12.2 Å². The van der Waals surface area contributed by atoms with Gasteiger partial charge in [0.25, 0.3) is 0 Å². The highest BCUT2D eigenvalue weighted by Crippen LogP contribution is 2.37. The first-order valence-corrected chi connectivity index (χ1v) is 5.07. The molecular formula is C11H16O2. The lowest BCUT2D eigenvalue weighted by molar-refractivity contribution is -0.130. The maximum Gasteiger partial charge on any atom is 0.142 e. The number of hydrogen-bond acceptors (Lipinski definition) is 2. The van der Waals surface area contributed by atoms with E-state index in [1.54, 1.807) is 0 Å². The normalized spacial score (nSPS) is 40.2. The van der Waals surface area contributed by atoms with Crippen LogP contribution in [0.1, 0.15) is 32.1 Å². The number of aliphatic hydroxyl groups excluding tert-OH is 1. The number of Topliss-reactive ketones (excluding diaryl/α,β-unsaturated/α-hetero) is 1. The van der Waals surface area contributed by atoms with E-state index in [2.05, 4.69) is 6.58 Å². The van der Waals surface area contributed by atoms with Crippen molar-refractivity contribution in [1.82, 2.24) is 0 Å². The Balaban J connectivity index is 2.24. The largest absolute Gasteiger partial charge is 0.392 e. The standard InChI is InChI=1S/C11H16O2/c1-7-5-8-3-2-4-10(12)9(6-7)11(8)13/h8-10,12H,1-6H2. The van der Waals surface area contributed by atoms with Crippen LogP contribution in [0.4, 0.5) is 0 Å². The molecule has 13 heavy (non-hydrogen) atoms. The van der Waals surface area contributed by atoms with Crippen LogP contribution in [0.5, 0.6) is 0 Å². The molecule has 0 radical (unpaired) electrons. The minimum atomic E-state index is -0.408. The van der Waals surface area contributed by atoms with Crippen LogP contribution in [0, 0.1) is 11.8 Å². The molecule has 2 bridgehead atoms. The van der Waals surface area contributed by atoms with E-state index in [4.69, 9.17) is 0 Å². The van der Waals surface area contributed by atoms with Crippen molar-refractivity contribution in [3.8, 4) is 0 Å². The van der Waals surface area contributed by atoms with Crippen LogP contribution < -0.4 is 0 Å². The minimum Gasteiger partial charge on any atom is -0.392 e. The number of rotatable bonds is 0. The van der Waals surface area contributed by atoms with E-state index in [1.807, 2.05) is 0 Å². The zero-order chi connectivity index (χ0) is 9.42. The monoisotopic (exact) mass is 180 g/mol. The molecular weight excluding hydrogens is 164 g/mol. The lowest BCUT2D eigenvalue weighted by Crippen LogP contribution is -2.34. The molecule has 0 heterocycles. The lowest BCUT2D eigenvalue weighted by Gasteiger charge is -2.28. The molecule has 2 saturated carbocycles. The predicted molar refractivity (Wildman–Crippen MR) is 50.2 cm³/mol. The van der Waals surface area contributed by atoms with Gasteiger partial charge in [-0.3, -0.25) is 4.79 Å². The topological polar surface area (TPSA) is 37.3 Å². The van der Waals surface area contributed by atoms with Crippen molar-refractivity contribution < 1.29 is 9.90 Å². The Hall–Kier alpha value is -0.630. The fourth-order valence-electron chi connectivity index (χ4n) is 2.59. The number of carbonyl (C=O) groups is 1. The Morgan fingerprint density at radius 3 is 2.85 bits per heavy atom. The Morgan fingerprint density at radius 1 is 1.31 bits per heavy atom. The lowest BCUT2D eigenvalue weighted by atomic mass is 9.76. The van der Waals surface area contributed by atoms with Gasteiger partial charge in [0.1, 0.15) is 5.78 Å². The molecule has 2 aliphatic carbocycles. The van der Waals surface area contributed by atoms with Crippen molar-refractivity contribution in [3.63, 3.8) is 0 Å². The summed E-state index contributed by atoms with van der Waals surface area (Å²) in [6.45, 7) is 3.94. The van der Waals surface area contributed by atoms with Gasteiger partial charge in [-0.25, -0.2) is 0 Å². The first-order chi connectivity index (χ1) is 6.18. The van der Waals surface area contributed by atoms with Crippen LogP contribution in [0.15, 0.2) is 12.2 Å². The number of allylic oxidation sites excluding steroid dienone is 1. The third-order valence-electron chi connectivity index (χ3n) is 3.33. The first kappa shape index (κ1) is 8.95. The molecule has 3 atom stereocenters. The van der Waals surface area contributed by atoms with E-state index in [0.29, 0.717) is 0 Å². The van der Waals surface area contributed by atoms with Crippen molar-refractivity contribution >= 4 is 5.78 Å². The van der Waals surface area contributed by atoms with E-state index in [1.165, 1.54) is 0 Å². The summed E-state index contributed by atoms with van der Waals surface area (Å²) in [5, 5.41) is 9.73. The summed E-state index contributed by atoms with van der Waals surface area (Å²) in [5.41, 5.74) is 1.15. The van der Waals surface area contributed by atoms with Crippen molar-refractivity contribution in [2.75, 3.05) is 0 Å². The van der Waals surface area contributed by atoms with Gasteiger partial charge >= 0.3 is 0 Å². The van der Waals surface area contributed by atoms with Crippen LogP contribution in [-0.4, -0.2) is 17.0 Å². The molecule has 3 unspecified atom stereocenters. The fraction of sp³-hybridized carbons (Fsp3) is 0.727. The average Bonchev–Trinajstić information content (AvgIpc) is 2.19. The van der Waals surface area contributed by atoms with Gasteiger partial charge in [0.15, 0.2) is 0 Å². The molecule has 0 saturated heterocycles. The number of hydrogen-bond donors (Lipinski definition) is 1. The molecule has 0 amide bonds. The zero-order valence-electron chi connectivity index (χ0n) is 7.83. The summed E-state index contributed by atoms with van der Waals surface area (Å²) in [7, 11) is 0. The van der Waals surface area contributed by atoms with Gasteiger partial charge in [0, 0.05) is 11.8 Å². The third-order valence-corrected chi connectivity index (χ3v) is 3.33. The van der Waals surface area contributed by atoms with Crippen LogP contribution in [-0.2, 0) is 4.79 Å². The Kier molecular flexibility index (Phi) is 2.24. The SMILES string of the molecule is C=C1CC2CCCC(O)C(C1)C2=O. The quantitative estimate of drug-likeness (QED) is 0.576. The van der Waals surface area contributed by atoms with Crippen molar-refractivity contribution in [2.45, 2.75) is 38.2 Å². The molecule has 1 N–H and O–H groups in total. The second-order valence-electron chi connectivity index (χ2n) is 4.36. The molecule has 72 valence electrons. The maximum absolute atomic E-state index is 11.8. The number of fused-ring (bicyclic) bond motifs is 2. The van der Waals surface area contributed by atoms with E-state index in [0.717, 1.165) is 37.7 Å². The average molecular weight is 180 g/mol.